The number of non-ortho nitro benzene ring substituents is 1. The Kier molecular flexibility index (Phi) is 7.39. The summed E-state index contributed by atoms with van der Waals surface area (Å²) in [6.45, 7) is 1.86. The Labute approximate surface area is 187 Å². The number of aromatic nitrogens is 3. The topological polar surface area (TPSA) is 134 Å². The van der Waals surface area contributed by atoms with Gasteiger partial charge >= 0.3 is 5.97 Å². The second kappa shape index (κ2) is 10.4. The first-order valence-electron chi connectivity index (χ1n) is 9.39. The van der Waals surface area contributed by atoms with Crippen LogP contribution >= 0.6 is 11.8 Å². The lowest BCUT2D eigenvalue weighted by Gasteiger charge is -2.07. The number of benzene rings is 2. The molecule has 0 unspecified atom stereocenters. The summed E-state index contributed by atoms with van der Waals surface area (Å²) in [6.07, 6.45) is 0. The zero-order valence-corrected chi connectivity index (χ0v) is 18.3. The molecule has 3 rings (SSSR count). The van der Waals surface area contributed by atoms with Crippen LogP contribution in [0.15, 0.2) is 58.8 Å². The highest BCUT2D eigenvalue weighted by atomic mass is 32.2. The molecule has 0 amide bonds. The average Bonchev–Trinajstić information content (AvgIpc) is 3.17. The van der Waals surface area contributed by atoms with Crippen molar-refractivity contribution in [2.24, 2.45) is 12.1 Å². The normalized spacial score (nSPS) is 11.2. The van der Waals surface area contributed by atoms with Crippen molar-refractivity contribution in [1.29, 1.82) is 0 Å². The number of esters is 1. The third kappa shape index (κ3) is 5.40. The van der Waals surface area contributed by atoms with Crippen molar-refractivity contribution in [1.82, 2.24) is 14.8 Å². The van der Waals surface area contributed by atoms with E-state index in [1.807, 2.05) is 24.3 Å². The number of ether oxygens (including phenoxy) is 2. The van der Waals surface area contributed by atoms with E-state index in [1.54, 1.807) is 25.6 Å². The second-order valence-electron chi connectivity index (χ2n) is 6.25. The molecule has 166 valence electrons. The molecule has 0 aliphatic carbocycles. The third-order valence-electron chi connectivity index (χ3n) is 4.19. The molecule has 0 spiro atoms. The predicted octanol–water partition coefficient (Wildman–Crippen LogP) is 3.48. The number of thioether (sulfide) groups is 1. The summed E-state index contributed by atoms with van der Waals surface area (Å²) in [4.78, 5) is 22.7. The van der Waals surface area contributed by atoms with Crippen molar-refractivity contribution in [3.8, 4) is 17.1 Å². The number of nitrogens with zero attached hydrogens (tertiary/aromatic N) is 5. The Bertz CT molecular complexity index is 1130. The summed E-state index contributed by atoms with van der Waals surface area (Å²) < 4.78 is 12.0. The van der Waals surface area contributed by atoms with E-state index in [1.165, 1.54) is 24.3 Å². The lowest BCUT2D eigenvalue weighted by atomic mass is 10.2. The summed E-state index contributed by atoms with van der Waals surface area (Å²) in [5.41, 5.74) is 3.95. The number of methoxy groups -OCH3 is 1. The van der Waals surface area contributed by atoms with Crippen LogP contribution in [0.1, 0.15) is 6.92 Å². The molecule has 0 atom stereocenters. The van der Waals surface area contributed by atoms with Gasteiger partial charge in [0, 0.05) is 24.7 Å². The highest BCUT2D eigenvalue weighted by Crippen LogP contribution is 2.26. The molecule has 0 bridgehead atoms. The van der Waals surface area contributed by atoms with Crippen LogP contribution in [0.2, 0.25) is 0 Å². The first-order chi connectivity index (χ1) is 15.4. The standard InChI is InChI=1S/C20H20N6O5S/c1-4-31-19(27)18(23-21-14-7-9-15(10-8-14)26(28)29)32-20-24-22-17(25(20)2)13-5-11-16(30-3)12-6-13/h5-12,21H,4H2,1-3H3/b23-18+. The molecule has 0 aliphatic heterocycles. The maximum atomic E-state index is 12.4. The van der Waals surface area contributed by atoms with Crippen LogP contribution in [0.25, 0.3) is 11.4 Å². The Morgan fingerprint density at radius 3 is 2.47 bits per heavy atom. The lowest BCUT2D eigenvalue weighted by molar-refractivity contribution is -0.384. The van der Waals surface area contributed by atoms with Gasteiger partial charge < -0.3 is 14.0 Å². The van der Waals surface area contributed by atoms with Gasteiger partial charge in [0.25, 0.3) is 5.69 Å². The van der Waals surface area contributed by atoms with Crippen LogP contribution in [0.4, 0.5) is 11.4 Å². The van der Waals surface area contributed by atoms with E-state index in [2.05, 4.69) is 20.7 Å². The SMILES string of the molecule is CCOC(=O)/C(=N\Nc1ccc([N+](=O)[O-])cc1)Sc1nnc(-c2ccc(OC)cc2)n1C. The fraction of sp³-hybridized carbons (Fsp3) is 0.200. The van der Waals surface area contributed by atoms with Crippen molar-refractivity contribution in [2.45, 2.75) is 12.1 Å². The summed E-state index contributed by atoms with van der Waals surface area (Å²) >= 11 is 0.983. The van der Waals surface area contributed by atoms with Gasteiger partial charge in [0.15, 0.2) is 11.0 Å². The lowest BCUT2D eigenvalue weighted by Crippen LogP contribution is -2.16. The maximum absolute atomic E-state index is 12.4. The minimum absolute atomic E-state index is 0.00184. The number of rotatable bonds is 7. The molecular weight excluding hydrogens is 436 g/mol. The molecule has 0 aliphatic rings. The van der Waals surface area contributed by atoms with Gasteiger partial charge in [-0.2, -0.15) is 5.10 Å². The van der Waals surface area contributed by atoms with Gasteiger partial charge in [-0.25, -0.2) is 4.79 Å². The molecule has 0 saturated heterocycles. The van der Waals surface area contributed by atoms with Gasteiger partial charge in [-0.1, -0.05) is 0 Å². The summed E-state index contributed by atoms with van der Waals surface area (Å²) in [7, 11) is 3.36. The van der Waals surface area contributed by atoms with Gasteiger partial charge in [-0.05, 0) is 55.1 Å². The van der Waals surface area contributed by atoms with E-state index in [-0.39, 0.29) is 17.3 Å². The average molecular weight is 456 g/mol. The molecule has 2 aromatic carbocycles. The maximum Gasteiger partial charge on any atom is 0.365 e. The van der Waals surface area contributed by atoms with E-state index in [9.17, 15) is 14.9 Å². The minimum atomic E-state index is -0.638. The van der Waals surface area contributed by atoms with E-state index >= 15 is 0 Å². The Morgan fingerprint density at radius 2 is 1.88 bits per heavy atom. The summed E-state index contributed by atoms with van der Waals surface area (Å²) in [5, 5.41) is 23.7. The quantitative estimate of drug-likeness (QED) is 0.142. The fourth-order valence-electron chi connectivity index (χ4n) is 2.56. The number of carbonyl (C=O) groups is 1. The van der Waals surface area contributed by atoms with E-state index in [4.69, 9.17) is 9.47 Å². The number of anilines is 1. The van der Waals surface area contributed by atoms with E-state index in [0.29, 0.717) is 16.7 Å². The molecule has 12 heteroatoms. The fourth-order valence-corrected chi connectivity index (χ4v) is 3.27. The van der Waals surface area contributed by atoms with Crippen molar-refractivity contribution in [2.75, 3.05) is 19.1 Å². The van der Waals surface area contributed by atoms with Crippen LogP contribution < -0.4 is 10.2 Å². The monoisotopic (exact) mass is 456 g/mol. The number of hydrogen-bond acceptors (Lipinski definition) is 10. The molecule has 3 aromatic rings. The minimum Gasteiger partial charge on any atom is -0.497 e. The highest BCUT2D eigenvalue weighted by molar-refractivity contribution is 8.15. The summed E-state index contributed by atoms with van der Waals surface area (Å²) in [5.74, 6) is 0.683. The molecule has 0 radical (unpaired) electrons. The van der Waals surface area contributed by atoms with Crippen molar-refractivity contribution in [3.63, 3.8) is 0 Å². The highest BCUT2D eigenvalue weighted by Gasteiger charge is 2.20. The molecule has 1 heterocycles. The number of nitro groups is 1. The van der Waals surface area contributed by atoms with Gasteiger partial charge in [0.05, 0.1) is 24.3 Å². The number of hydrazone groups is 1. The van der Waals surface area contributed by atoms with Crippen molar-refractivity contribution < 1.29 is 19.2 Å². The Morgan fingerprint density at radius 1 is 1.19 bits per heavy atom. The van der Waals surface area contributed by atoms with E-state index < -0.39 is 10.9 Å². The van der Waals surface area contributed by atoms with Crippen LogP contribution in [0.5, 0.6) is 5.75 Å². The number of nitrogens with one attached hydrogen (secondary N) is 1. The largest absolute Gasteiger partial charge is 0.497 e. The molecule has 1 aromatic heterocycles. The Hall–Kier alpha value is -3.93. The zero-order valence-electron chi connectivity index (χ0n) is 17.5. The van der Waals surface area contributed by atoms with Crippen LogP contribution in [0.3, 0.4) is 0 Å². The molecular formula is C20H20N6O5S. The molecule has 0 fully saturated rings. The summed E-state index contributed by atoms with van der Waals surface area (Å²) in [6, 6.07) is 13.0. The number of carbonyl (C=O) groups excluding carboxylic acids is 1. The van der Waals surface area contributed by atoms with Crippen molar-refractivity contribution in [3.05, 3.63) is 58.6 Å². The second-order valence-corrected chi connectivity index (χ2v) is 7.20. The van der Waals surface area contributed by atoms with Gasteiger partial charge in [-0.3, -0.25) is 15.5 Å². The molecule has 0 saturated carbocycles. The Balaban J connectivity index is 1.82. The third-order valence-corrected chi connectivity index (χ3v) is 5.18. The van der Waals surface area contributed by atoms with Gasteiger partial charge in [0.1, 0.15) is 5.75 Å². The van der Waals surface area contributed by atoms with Gasteiger partial charge in [-0.15, -0.1) is 10.2 Å². The van der Waals surface area contributed by atoms with Crippen LogP contribution in [-0.2, 0) is 16.6 Å². The smallest absolute Gasteiger partial charge is 0.365 e. The molecule has 32 heavy (non-hydrogen) atoms. The van der Waals surface area contributed by atoms with Crippen molar-refractivity contribution >= 4 is 34.1 Å². The molecule has 1 N–H and O–H groups in total. The van der Waals surface area contributed by atoms with Crippen LogP contribution in [-0.4, -0.2) is 44.4 Å². The number of hydrogen-bond donors (Lipinski definition) is 1. The predicted molar refractivity (Wildman–Crippen MR) is 120 cm³/mol. The van der Waals surface area contributed by atoms with E-state index in [0.717, 1.165) is 23.1 Å². The molecule has 11 nitrogen and oxygen atoms in total. The van der Waals surface area contributed by atoms with Crippen LogP contribution in [0, 0.1) is 10.1 Å². The first-order valence-corrected chi connectivity index (χ1v) is 10.2. The first kappa shape index (κ1) is 22.7. The zero-order chi connectivity index (χ0) is 23.1. The number of nitro benzene ring substituents is 1. The van der Waals surface area contributed by atoms with Gasteiger partial charge in [0.2, 0.25) is 5.04 Å².